The summed E-state index contributed by atoms with van der Waals surface area (Å²) in [5.74, 6) is 0.920. The fraction of sp³-hybridized carbons (Fsp3) is 1.00. The normalized spacial score (nSPS) is 31.6. The standard InChI is InChI=1S/C15H30N2/c1-15(2)9-5-4-6-14(15)16-12-13-7-10-17(3)11-8-13/h13-14,16H,4-12H2,1-3H3. The van der Waals surface area contributed by atoms with Gasteiger partial charge in [0.05, 0.1) is 0 Å². The Morgan fingerprint density at radius 2 is 1.82 bits per heavy atom. The third kappa shape index (κ3) is 3.69. The molecule has 1 aliphatic carbocycles. The van der Waals surface area contributed by atoms with Gasteiger partial charge < -0.3 is 10.2 Å². The van der Waals surface area contributed by atoms with E-state index in [2.05, 4.69) is 31.1 Å². The van der Waals surface area contributed by atoms with Crippen LogP contribution in [0.4, 0.5) is 0 Å². The lowest BCUT2D eigenvalue weighted by atomic mass is 9.73. The average molecular weight is 238 g/mol. The minimum atomic E-state index is 0.518. The molecule has 1 atom stereocenters. The zero-order valence-corrected chi connectivity index (χ0v) is 12.0. The van der Waals surface area contributed by atoms with E-state index < -0.39 is 0 Å². The molecule has 1 saturated heterocycles. The lowest BCUT2D eigenvalue weighted by Gasteiger charge is -2.40. The number of nitrogens with one attached hydrogen (secondary N) is 1. The number of nitrogens with zero attached hydrogens (tertiary/aromatic N) is 1. The van der Waals surface area contributed by atoms with Crippen LogP contribution in [0.3, 0.4) is 0 Å². The van der Waals surface area contributed by atoms with Gasteiger partial charge in [-0.2, -0.15) is 0 Å². The van der Waals surface area contributed by atoms with Crippen LogP contribution in [-0.4, -0.2) is 37.6 Å². The molecule has 0 aromatic carbocycles. The van der Waals surface area contributed by atoms with E-state index in [1.54, 1.807) is 0 Å². The van der Waals surface area contributed by atoms with E-state index >= 15 is 0 Å². The van der Waals surface area contributed by atoms with Gasteiger partial charge in [-0.15, -0.1) is 0 Å². The van der Waals surface area contributed by atoms with Crippen LogP contribution in [0.1, 0.15) is 52.4 Å². The number of rotatable bonds is 3. The van der Waals surface area contributed by atoms with Gasteiger partial charge in [-0.1, -0.05) is 26.7 Å². The first-order chi connectivity index (χ1) is 8.08. The van der Waals surface area contributed by atoms with Gasteiger partial charge >= 0.3 is 0 Å². The lowest BCUT2D eigenvalue weighted by Crippen LogP contribution is -2.46. The highest BCUT2D eigenvalue weighted by molar-refractivity contribution is 4.88. The Morgan fingerprint density at radius 1 is 1.12 bits per heavy atom. The van der Waals surface area contributed by atoms with E-state index in [9.17, 15) is 0 Å². The summed E-state index contributed by atoms with van der Waals surface area (Å²) in [4.78, 5) is 2.46. The maximum atomic E-state index is 3.88. The van der Waals surface area contributed by atoms with Crippen LogP contribution in [0.2, 0.25) is 0 Å². The van der Waals surface area contributed by atoms with Crippen LogP contribution in [-0.2, 0) is 0 Å². The van der Waals surface area contributed by atoms with E-state index in [0.29, 0.717) is 5.41 Å². The van der Waals surface area contributed by atoms with E-state index in [1.165, 1.54) is 58.2 Å². The average Bonchev–Trinajstić information content (AvgIpc) is 2.29. The Morgan fingerprint density at radius 3 is 2.47 bits per heavy atom. The van der Waals surface area contributed by atoms with Crippen LogP contribution < -0.4 is 5.32 Å². The first-order valence-corrected chi connectivity index (χ1v) is 7.50. The largest absolute Gasteiger partial charge is 0.313 e. The number of hydrogen-bond donors (Lipinski definition) is 1. The van der Waals surface area contributed by atoms with Gasteiger partial charge in [0, 0.05) is 6.04 Å². The second-order valence-corrected chi connectivity index (χ2v) is 6.94. The highest BCUT2D eigenvalue weighted by Gasteiger charge is 2.32. The molecule has 100 valence electrons. The molecule has 2 rings (SSSR count). The van der Waals surface area contributed by atoms with Crippen molar-refractivity contribution in [3.8, 4) is 0 Å². The van der Waals surface area contributed by atoms with Crippen molar-refractivity contribution in [2.24, 2.45) is 11.3 Å². The third-order valence-electron chi connectivity index (χ3n) is 5.00. The van der Waals surface area contributed by atoms with E-state index in [-0.39, 0.29) is 0 Å². The van der Waals surface area contributed by atoms with Gasteiger partial charge in [-0.3, -0.25) is 0 Å². The summed E-state index contributed by atoms with van der Waals surface area (Å²) in [5.41, 5.74) is 0.518. The zero-order chi connectivity index (χ0) is 12.3. The van der Waals surface area contributed by atoms with Gasteiger partial charge in [0.2, 0.25) is 0 Å². The Balaban J connectivity index is 1.73. The summed E-state index contributed by atoms with van der Waals surface area (Å²) >= 11 is 0. The van der Waals surface area contributed by atoms with Crippen molar-refractivity contribution >= 4 is 0 Å². The van der Waals surface area contributed by atoms with Gasteiger partial charge in [-0.25, -0.2) is 0 Å². The summed E-state index contributed by atoms with van der Waals surface area (Å²) in [6.45, 7) is 8.72. The monoisotopic (exact) mass is 238 g/mol. The highest BCUT2D eigenvalue weighted by Crippen LogP contribution is 2.35. The molecule has 0 amide bonds. The molecule has 1 saturated carbocycles. The Labute approximate surface area is 107 Å². The number of piperidine rings is 1. The Kier molecular flexibility index (Phi) is 4.48. The van der Waals surface area contributed by atoms with E-state index in [1.807, 2.05) is 0 Å². The molecule has 17 heavy (non-hydrogen) atoms. The maximum absolute atomic E-state index is 3.88. The fourth-order valence-electron chi connectivity index (χ4n) is 3.45. The van der Waals surface area contributed by atoms with Crippen LogP contribution in [0, 0.1) is 11.3 Å². The van der Waals surface area contributed by atoms with Gasteiger partial charge in [0.25, 0.3) is 0 Å². The molecule has 2 fully saturated rings. The Hall–Kier alpha value is -0.0800. The second-order valence-electron chi connectivity index (χ2n) is 6.94. The summed E-state index contributed by atoms with van der Waals surface area (Å²) in [7, 11) is 2.24. The maximum Gasteiger partial charge on any atom is 0.0118 e. The first kappa shape index (κ1) is 13.4. The van der Waals surface area contributed by atoms with Crippen LogP contribution >= 0.6 is 0 Å². The predicted molar refractivity (Wildman–Crippen MR) is 74.3 cm³/mol. The van der Waals surface area contributed by atoms with Crippen molar-refractivity contribution in [2.75, 3.05) is 26.7 Å². The molecule has 1 unspecified atom stereocenters. The van der Waals surface area contributed by atoms with Crippen LogP contribution in [0.25, 0.3) is 0 Å². The first-order valence-electron chi connectivity index (χ1n) is 7.50. The van der Waals surface area contributed by atoms with Gasteiger partial charge in [0.1, 0.15) is 0 Å². The molecular formula is C15H30N2. The molecule has 0 aromatic heterocycles. The molecule has 2 nitrogen and oxygen atoms in total. The fourth-order valence-corrected chi connectivity index (χ4v) is 3.45. The summed E-state index contributed by atoms with van der Waals surface area (Å²) < 4.78 is 0. The smallest absolute Gasteiger partial charge is 0.0118 e. The van der Waals surface area contributed by atoms with Crippen molar-refractivity contribution in [3.05, 3.63) is 0 Å². The number of likely N-dealkylation sites (tertiary alicyclic amines) is 1. The van der Waals surface area contributed by atoms with Crippen molar-refractivity contribution in [1.82, 2.24) is 10.2 Å². The molecule has 0 bridgehead atoms. The second kappa shape index (κ2) is 5.71. The minimum Gasteiger partial charge on any atom is -0.313 e. The molecule has 2 aliphatic rings. The molecule has 1 aliphatic heterocycles. The minimum absolute atomic E-state index is 0.518. The van der Waals surface area contributed by atoms with Gasteiger partial charge in [0.15, 0.2) is 0 Å². The van der Waals surface area contributed by atoms with Crippen LogP contribution in [0.5, 0.6) is 0 Å². The molecule has 0 spiro atoms. The highest BCUT2D eigenvalue weighted by atomic mass is 15.1. The lowest BCUT2D eigenvalue weighted by molar-refractivity contribution is 0.149. The molecular weight excluding hydrogens is 208 g/mol. The summed E-state index contributed by atoms with van der Waals surface area (Å²) in [6.07, 6.45) is 8.42. The van der Waals surface area contributed by atoms with E-state index in [0.717, 1.165) is 12.0 Å². The topological polar surface area (TPSA) is 15.3 Å². The number of hydrogen-bond acceptors (Lipinski definition) is 2. The van der Waals surface area contributed by atoms with E-state index in [4.69, 9.17) is 0 Å². The van der Waals surface area contributed by atoms with Crippen molar-refractivity contribution in [2.45, 2.75) is 58.4 Å². The van der Waals surface area contributed by atoms with Crippen LogP contribution in [0.15, 0.2) is 0 Å². The SMILES string of the molecule is CN1CCC(CNC2CCCCC2(C)C)CC1. The summed E-state index contributed by atoms with van der Waals surface area (Å²) in [5, 5.41) is 3.88. The zero-order valence-electron chi connectivity index (χ0n) is 12.0. The third-order valence-corrected chi connectivity index (χ3v) is 5.00. The van der Waals surface area contributed by atoms with Crippen molar-refractivity contribution in [1.29, 1.82) is 0 Å². The quantitative estimate of drug-likeness (QED) is 0.813. The molecule has 0 radical (unpaired) electrons. The summed E-state index contributed by atoms with van der Waals surface area (Å²) in [6, 6.07) is 0.760. The Bertz CT molecular complexity index is 229. The molecule has 1 heterocycles. The molecule has 0 aromatic rings. The van der Waals surface area contributed by atoms with Gasteiger partial charge in [-0.05, 0) is 63.7 Å². The predicted octanol–water partition coefficient (Wildman–Crippen LogP) is 2.89. The molecule has 1 N–H and O–H groups in total. The molecule has 2 heteroatoms. The van der Waals surface area contributed by atoms with Crippen molar-refractivity contribution < 1.29 is 0 Å². The van der Waals surface area contributed by atoms with Crippen molar-refractivity contribution in [3.63, 3.8) is 0 Å².